The van der Waals surface area contributed by atoms with Crippen molar-refractivity contribution >= 4 is 29.9 Å². The van der Waals surface area contributed by atoms with Crippen molar-refractivity contribution in [1.29, 1.82) is 0 Å². The van der Waals surface area contributed by atoms with Gasteiger partial charge in [-0.3, -0.25) is 4.99 Å². The lowest BCUT2D eigenvalue weighted by Crippen LogP contribution is -2.38. The van der Waals surface area contributed by atoms with Crippen LogP contribution in [0.3, 0.4) is 0 Å². The molecule has 0 saturated carbocycles. The van der Waals surface area contributed by atoms with Crippen molar-refractivity contribution in [2.24, 2.45) is 4.99 Å². The maximum atomic E-state index is 5.77. The fraction of sp³-hybridized carbons (Fsp3) is 0.667. The molecule has 0 bridgehead atoms. The van der Waals surface area contributed by atoms with Crippen molar-refractivity contribution < 1.29 is 14.2 Å². The molecule has 7 heteroatoms. The molecule has 2 rings (SSSR count). The second kappa shape index (κ2) is 14.9. The lowest BCUT2D eigenvalue weighted by molar-refractivity contribution is 0.0424. The van der Waals surface area contributed by atoms with Crippen LogP contribution in [0, 0.1) is 0 Å². The Labute approximate surface area is 186 Å². The predicted molar refractivity (Wildman–Crippen MR) is 125 cm³/mol. The molecule has 6 nitrogen and oxygen atoms in total. The number of ether oxygens (including phenoxy) is 3. The largest absolute Gasteiger partial charge is 0.491 e. The van der Waals surface area contributed by atoms with Crippen LogP contribution < -0.4 is 15.4 Å². The van der Waals surface area contributed by atoms with Crippen LogP contribution in [0.2, 0.25) is 0 Å². The van der Waals surface area contributed by atoms with Gasteiger partial charge in [0.05, 0.1) is 18.8 Å². The van der Waals surface area contributed by atoms with Gasteiger partial charge in [-0.15, -0.1) is 24.0 Å². The van der Waals surface area contributed by atoms with Crippen LogP contribution in [0.4, 0.5) is 0 Å². The molecule has 160 valence electrons. The van der Waals surface area contributed by atoms with Crippen LogP contribution in [0.15, 0.2) is 29.3 Å². The third kappa shape index (κ3) is 10.5. The highest BCUT2D eigenvalue weighted by molar-refractivity contribution is 14.0. The Morgan fingerprint density at radius 1 is 1.25 bits per heavy atom. The lowest BCUT2D eigenvalue weighted by Gasteiger charge is -2.13. The summed E-state index contributed by atoms with van der Waals surface area (Å²) >= 11 is 0. The molecular formula is C21H36IN3O3. The molecule has 1 aliphatic heterocycles. The zero-order valence-corrected chi connectivity index (χ0v) is 19.7. The van der Waals surface area contributed by atoms with Gasteiger partial charge in [0.25, 0.3) is 0 Å². The molecule has 0 spiro atoms. The highest BCUT2D eigenvalue weighted by Gasteiger charge is 2.15. The number of hydrogen-bond acceptors (Lipinski definition) is 4. The maximum Gasteiger partial charge on any atom is 0.191 e. The van der Waals surface area contributed by atoms with E-state index in [1.807, 2.05) is 26.0 Å². The van der Waals surface area contributed by atoms with Gasteiger partial charge in [-0.2, -0.15) is 0 Å². The minimum absolute atomic E-state index is 0. The number of halogens is 1. The Morgan fingerprint density at radius 2 is 2.04 bits per heavy atom. The standard InChI is InChI=1S/C21H35N3O3.HI/c1-4-22-21(23-12-5-14-26-20-11-15-25-16-20)24-13-10-18-6-8-19(9-7-18)27-17(2)3;/h6-9,17,20H,4-5,10-16H2,1-3H3,(H2,22,23,24);1H. The van der Waals surface area contributed by atoms with E-state index in [0.29, 0.717) is 0 Å². The molecule has 1 aromatic rings. The van der Waals surface area contributed by atoms with Gasteiger partial charge < -0.3 is 24.8 Å². The molecule has 0 aliphatic carbocycles. The average Bonchev–Trinajstić information content (AvgIpc) is 3.16. The molecule has 2 N–H and O–H groups in total. The first-order valence-electron chi connectivity index (χ1n) is 10.1. The molecule has 1 heterocycles. The predicted octanol–water partition coefficient (Wildman–Crippen LogP) is 3.39. The van der Waals surface area contributed by atoms with Crippen LogP contribution >= 0.6 is 24.0 Å². The molecule has 1 saturated heterocycles. The highest BCUT2D eigenvalue weighted by atomic mass is 127. The fourth-order valence-electron chi connectivity index (χ4n) is 2.82. The Hall–Kier alpha value is -1.06. The molecule has 1 fully saturated rings. The van der Waals surface area contributed by atoms with Crippen LogP contribution in [0.25, 0.3) is 0 Å². The number of nitrogens with one attached hydrogen (secondary N) is 2. The Balaban J connectivity index is 0.00000392. The Bertz CT molecular complexity index is 546. The first-order chi connectivity index (χ1) is 13.2. The van der Waals surface area contributed by atoms with Crippen LogP contribution in [-0.2, 0) is 15.9 Å². The Morgan fingerprint density at radius 3 is 2.68 bits per heavy atom. The zero-order valence-electron chi connectivity index (χ0n) is 17.4. The molecule has 1 aliphatic rings. The molecule has 1 aromatic carbocycles. The second-order valence-electron chi connectivity index (χ2n) is 6.96. The van der Waals surface area contributed by atoms with E-state index in [1.54, 1.807) is 0 Å². The average molecular weight is 505 g/mol. The molecule has 0 amide bonds. The van der Waals surface area contributed by atoms with Gasteiger partial charge in [0.2, 0.25) is 0 Å². The van der Waals surface area contributed by atoms with Crippen molar-refractivity contribution in [3.8, 4) is 5.75 Å². The molecule has 0 aromatic heterocycles. The number of aliphatic imine (C=N–C) groups is 1. The second-order valence-corrected chi connectivity index (χ2v) is 6.96. The summed E-state index contributed by atoms with van der Waals surface area (Å²) in [6.45, 7) is 10.9. The normalized spacial score (nSPS) is 16.7. The van der Waals surface area contributed by atoms with Gasteiger partial charge in [0.1, 0.15) is 5.75 Å². The zero-order chi connectivity index (χ0) is 19.3. The molecule has 0 radical (unpaired) electrons. The molecule has 1 unspecified atom stereocenters. The topological polar surface area (TPSA) is 64.1 Å². The van der Waals surface area contributed by atoms with Gasteiger partial charge in [0, 0.05) is 32.8 Å². The number of benzene rings is 1. The van der Waals surface area contributed by atoms with E-state index in [9.17, 15) is 0 Å². The van der Waals surface area contributed by atoms with E-state index in [0.717, 1.165) is 70.4 Å². The van der Waals surface area contributed by atoms with Gasteiger partial charge in [-0.1, -0.05) is 12.1 Å². The van der Waals surface area contributed by atoms with Gasteiger partial charge >= 0.3 is 0 Å². The van der Waals surface area contributed by atoms with Gasteiger partial charge in [-0.05, 0) is 57.7 Å². The highest BCUT2D eigenvalue weighted by Crippen LogP contribution is 2.14. The first-order valence-corrected chi connectivity index (χ1v) is 10.1. The van der Waals surface area contributed by atoms with Crippen molar-refractivity contribution in [1.82, 2.24) is 10.6 Å². The first kappa shape index (κ1) is 25.0. The summed E-state index contributed by atoms with van der Waals surface area (Å²) < 4.78 is 16.8. The van der Waals surface area contributed by atoms with E-state index in [4.69, 9.17) is 14.2 Å². The van der Waals surface area contributed by atoms with Crippen molar-refractivity contribution in [3.63, 3.8) is 0 Å². The summed E-state index contributed by atoms with van der Waals surface area (Å²) in [7, 11) is 0. The van der Waals surface area contributed by atoms with Crippen molar-refractivity contribution in [2.75, 3.05) is 39.5 Å². The van der Waals surface area contributed by atoms with Gasteiger partial charge in [-0.25, -0.2) is 0 Å². The van der Waals surface area contributed by atoms with Crippen LogP contribution in [-0.4, -0.2) is 57.6 Å². The summed E-state index contributed by atoms with van der Waals surface area (Å²) in [6.07, 6.45) is 3.35. The quantitative estimate of drug-likeness (QED) is 0.209. The van der Waals surface area contributed by atoms with Crippen molar-refractivity contribution in [3.05, 3.63) is 29.8 Å². The van der Waals surface area contributed by atoms with E-state index >= 15 is 0 Å². The summed E-state index contributed by atoms with van der Waals surface area (Å²) in [5.41, 5.74) is 1.28. The van der Waals surface area contributed by atoms with Crippen LogP contribution in [0.1, 0.15) is 39.2 Å². The van der Waals surface area contributed by atoms with Crippen molar-refractivity contribution in [2.45, 2.75) is 52.2 Å². The molecule has 28 heavy (non-hydrogen) atoms. The minimum Gasteiger partial charge on any atom is -0.491 e. The Kier molecular flexibility index (Phi) is 13.3. The smallest absolute Gasteiger partial charge is 0.191 e. The number of hydrogen-bond donors (Lipinski definition) is 2. The summed E-state index contributed by atoms with van der Waals surface area (Å²) in [4.78, 5) is 4.62. The lowest BCUT2D eigenvalue weighted by atomic mass is 10.1. The summed E-state index contributed by atoms with van der Waals surface area (Å²) in [5, 5.41) is 6.68. The van der Waals surface area contributed by atoms with E-state index in [1.165, 1.54) is 5.56 Å². The third-order valence-electron chi connectivity index (χ3n) is 4.16. The van der Waals surface area contributed by atoms with Gasteiger partial charge in [0.15, 0.2) is 5.96 Å². The summed E-state index contributed by atoms with van der Waals surface area (Å²) in [6, 6.07) is 8.30. The maximum absolute atomic E-state index is 5.77. The fourth-order valence-corrected chi connectivity index (χ4v) is 2.82. The molecular weight excluding hydrogens is 469 g/mol. The van der Waals surface area contributed by atoms with Crippen LogP contribution in [0.5, 0.6) is 5.75 Å². The minimum atomic E-state index is 0. The molecule has 1 atom stereocenters. The number of guanidine groups is 1. The van der Waals surface area contributed by atoms with E-state index < -0.39 is 0 Å². The third-order valence-corrected chi connectivity index (χ3v) is 4.16. The SMILES string of the molecule is CCNC(=NCCCOC1CCOC1)NCCc1ccc(OC(C)C)cc1.I. The summed E-state index contributed by atoms with van der Waals surface area (Å²) in [5.74, 6) is 1.78. The monoisotopic (exact) mass is 505 g/mol. The van der Waals surface area contributed by atoms with E-state index in [-0.39, 0.29) is 36.2 Å². The van der Waals surface area contributed by atoms with E-state index in [2.05, 4.69) is 34.7 Å². The number of nitrogens with zero attached hydrogens (tertiary/aromatic N) is 1. The number of rotatable bonds is 11.